The molecule has 11 nitrogen and oxygen atoms in total. The molecule has 336 valence electrons. The Kier molecular flexibility index (Phi) is 11.2. The standard InChI is InChI=1S/C53H49N3O8S2/c1-34(57)64-31-30-55-46-27-19-38-33-42(66(61,62)63)23-25-44(38)50(46)53(4,5)48(55)29-21-36-17-16-35(51(36)56(39-12-8-6-9-13-39)40-14-10-7-11-15-40)20-28-47-52(2,3)49-43-24-22-41(65(58,59)60)32-37(43)18-26-45(49)54-47/h6-15,18-29,32-33H,16-17,30-31H2,1-5H3,(H,58,59,60)(H,61,62,63)/b28-20+,36-21+,48-29+. The summed E-state index contributed by atoms with van der Waals surface area (Å²) in [5.74, 6) is -0.376. The van der Waals surface area contributed by atoms with Gasteiger partial charge in [-0.15, -0.1) is 0 Å². The largest absolute Gasteiger partial charge is 0.464 e. The van der Waals surface area contributed by atoms with Crippen LogP contribution in [0.25, 0.3) is 21.5 Å². The molecule has 2 heterocycles. The van der Waals surface area contributed by atoms with Crippen LogP contribution in [0.1, 0.15) is 58.6 Å². The van der Waals surface area contributed by atoms with Gasteiger partial charge in [-0.05, 0) is 129 Å². The molecule has 6 aromatic rings. The van der Waals surface area contributed by atoms with Crippen molar-refractivity contribution in [2.24, 2.45) is 4.99 Å². The number of anilines is 3. The number of aliphatic imine (C=N–C) groups is 1. The molecular weight excluding hydrogens is 871 g/mol. The van der Waals surface area contributed by atoms with Crippen molar-refractivity contribution in [3.8, 4) is 0 Å². The van der Waals surface area contributed by atoms with Crippen molar-refractivity contribution in [3.63, 3.8) is 0 Å². The van der Waals surface area contributed by atoms with E-state index in [1.165, 1.54) is 31.2 Å². The minimum absolute atomic E-state index is 0.153. The van der Waals surface area contributed by atoms with Crippen LogP contribution < -0.4 is 9.80 Å². The number of rotatable bonds is 11. The molecule has 0 saturated carbocycles. The van der Waals surface area contributed by atoms with Gasteiger partial charge in [-0.2, -0.15) is 16.8 Å². The first-order chi connectivity index (χ1) is 31.3. The molecule has 0 radical (unpaired) electrons. The fourth-order valence-electron chi connectivity index (χ4n) is 9.85. The molecule has 13 heteroatoms. The Hall–Kier alpha value is -6.64. The number of fused-ring (bicyclic) bond motifs is 6. The van der Waals surface area contributed by atoms with E-state index in [-0.39, 0.29) is 22.4 Å². The lowest BCUT2D eigenvalue weighted by Crippen LogP contribution is -2.29. The summed E-state index contributed by atoms with van der Waals surface area (Å²) in [4.78, 5) is 21.2. The highest BCUT2D eigenvalue weighted by Crippen LogP contribution is 2.52. The maximum atomic E-state index is 12.1. The van der Waals surface area contributed by atoms with Gasteiger partial charge in [0.1, 0.15) is 6.61 Å². The summed E-state index contributed by atoms with van der Waals surface area (Å²) >= 11 is 0. The molecule has 0 saturated heterocycles. The van der Waals surface area contributed by atoms with E-state index >= 15 is 0 Å². The molecule has 6 aromatic carbocycles. The molecule has 2 aliphatic heterocycles. The van der Waals surface area contributed by atoms with Crippen LogP contribution in [-0.2, 0) is 40.6 Å². The minimum Gasteiger partial charge on any atom is -0.464 e. The highest BCUT2D eigenvalue weighted by molar-refractivity contribution is 7.86. The van der Waals surface area contributed by atoms with Gasteiger partial charge in [-0.1, -0.05) is 101 Å². The highest BCUT2D eigenvalue weighted by Gasteiger charge is 2.42. The van der Waals surface area contributed by atoms with Gasteiger partial charge in [0.2, 0.25) is 0 Å². The van der Waals surface area contributed by atoms with Crippen LogP contribution in [0.4, 0.5) is 22.7 Å². The van der Waals surface area contributed by atoms with Crippen LogP contribution in [0.3, 0.4) is 0 Å². The molecule has 0 atom stereocenters. The zero-order valence-electron chi connectivity index (χ0n) is 37.2. The zero-order valence-corrected chi connectivity index (χ0v) is 38.8. The summed E-state index contributed by atoms with van der Waals surface area (Å²) in [6.45, 7) is 10.4. The predicted molar refractivity (Wildman–Crippen MR) is 261 cm³/mol. The predicted octanol–water partition coefficient (Wildman–Crippen LogP) is 11.5. The van der Waals surface area contributed by atoms with Gasteiger partial charge in [-0.25, -0.2) is 0 Å². The van der Waals surface area contributed by atoms with Gasteiger partial charge in [0, 0.05) is 40.5 Å². The molecule has 0 bridgehead atoms. The number of hydrogen-bond acceptors (Lipinski definition) is 9. The third-order valence-electron chi connectivity index (χ3n) is 12.9. The monoisotopic (exact) mass is 919 g/mol. The summed E-state index contributed by atoms with van der Waals surface area (Å²) in [5, 5.41) is 3.09. The molecule has 0 spiro atoms. The van der Waals surface area contributed by atoms with E-state index in [0.717, 1.165) is 85.7 Å². The molecule has 9 rings (SSSR count). The SMILES string of the molecule is CC(=O)OCCN1/C(=C/C=C2\CCC(/C=C/C3=Nc4ccc5cc(S(=O)(=O)O)ccc5c4C3(C)C)=C2N(c2ccccc2)c2ccccc2)C(C)(C)c2c1ccc1cc(S(=O)(=O)O)ccc21. The summed E-state index contributed by atoms with van der Waals surface area (Å²) in [5.41, 5.74) is 9.58. The lowest BCUT2D eigenvalue weighted by atomic mass is 9.79. The third-order valence-corrected chi connectivity index (χ3v) is 14.6. The van der Waals surface area contributed by atoms with Crippen LogP contribution in [0, 0.1) is 0 Å². The Labute approximate surface area is 385 Å². The van der Waals surface area contributed by atoms with Crippen molar-refractivity contribution in [1.29, 1.82) is 0 Å². The van der Waals surface area contributed by atoms with Gasteiger partial charge in [-0.3, -0.25) is 18.9 Å². The first-order valence-corrected chi connectivity index (χ1v) is 24.5. The Morgan fingerprint density at radius 3 is 1.86 bits per heavy atom. The summed E-state index contributed by atoms with van der Waals surface area (Å²) in [6, 6.07) is 37.4. The van der Waals surface area contributed by atoms with Crippen molar-refractivity contribution < 1.29 is 35.5 Å². The maximum Gasteiger partial charge on any atom is 0.302 e. The van der Waals surface area contributed by atoms with Crippen LogP contribution in [-0.4, -0.2) is 50.8 Å². The van der Waals surface area contributed by atoms with Gasteiger partial charge in [0.15, 0.2) is 0 Å². The first kappa shape index (κ1) is 44.6. The molecule has 0 amide bonds. The van der Waals surface area contributed by atoms with Gasteiger partial charge < -0.3 is 14.5 Å². The van der Waals surface area contributed by atoms with Gasteiger partial charge in [0.25, 0.3) is 20.2 Å². The smallest absolute Gasteiger partial charge is 0.302 e. The molecule has 3 aliphatic rings. The molecule has 2 N–H and O–H groups in total. The van der Waals surface area contributed by atoms with Crippen LogP contribution in [0.2, 0.25) is 0 Å². The highest BCUT2D eigenvalue weighted by atomic mass is 32.2. The third kappa shape index (κ3) is 8.06. The molecular formula is C53H49N3O8S2. The van der Waals surface area contributed by atoms with Crippen molar-refractivity contribution >= 4 is 76.2 Å². The topological polar surface area (TPSA) is 154 Å². The Morgan fingerprint density at radius 2 is 1.29 bits per heavy atom. The van der Waals surface area contributed by atoms with Crippen molar-refractivity contribution in [1.82, 2.24) is 0 Å². The summed E-state index contributed by atoms with van der Waals surface area (Å²) < 4.78 is 73.3. The minimum atomic E-state index is -4.42. The van der Waals surface area contributed by atoms with Crippen molar-refractivity contribution in [3.05, 3.63) is 179 Å². The number of nitrogens with zero attached hydrogens (tertiary/aromatic N) is 3. The normalized spacial score (nSPS) is 17.9. The molecule has 1 aliphatic carbocycles. The first-order valence-electron chi connectivity index (χ1n) is 21.7. The Bertz CT molecular complexity index is 3330. The number of allylic oxidation sites excluding steroid dienone is 7. The van der Waals surface area contributed by atoms with E-state index in [0.29, 0.717) is 17.3 Å². The second-order valence-electron chi connectivity index (χ2n) is 17.8. The zero-order chi connectivity index (χ0) is 46.8. The second kappa shape index (κ2) is 16.7. The van der Waals surface area contributed by atoms with Crippen molar-refractivity contribution in [2.45, 2.75) is 68.1 Å². The van der Waals surface area contributed by atoms with E-state index in [4.69, 9.17) is 9.73 Å². The molecule has 0 unspecified atom stereocenters. The molecule has 66 heavy (non-hydrogen) atoms. The van der Waals surface area contributed by atoms with Crippen LogP contribution in [0.15, 0.2) is 183 Å². The van der Waals surface area contributed by atoms with E-state index < -0.39 is 31.1 Å². The second-order valence-corrected chi connectivity index (χ2v) is 20.7. The van der Waals surface area contributed by atoms with E-state index in [1.54, 1.807) is 12.1 Å². The Morgan fingerprint density at radius 1 is 0.712 bits per heavy atom. The number of benzene rings is 6. The number of hydrogen-bond donors (Lipinski definition) is 2. The average Bonchev–Trinajstić information content (AvgIpc) is 3.87. The number of ether oxygens (including phenoxy) is 1. The van der Waals surface area contributed by atoms with Gasteiger partial charge >= 0.3 is 5.97 Å². The van der Waals surface area contributed by atoms with Crippen LogP contribution in [0.5, 0.6) is 0 Å². The number of para-hydroxylation sites is 2. The van der Waals surface area contributed by atoms with E-state index in [9.17, 15) is 30.7 Å². The Balaban J connectivity index is 1.18. The number of carbonyl (C=O) groups excluding carboxylic acids is 1. The summed E-state index contributed by atoms with van der Waals surface area (Å²) in [6.07, 6.45) is 10.1. The lowest BCUT2D eigenvalue weighted by Gasteiger charge is -2.29. The fraction of sp³-hybridized carbons (Fsp3) is 0.208. The number of carbonyl (C=O) groups is 1. The van der Waals surface area contributed by atoms with Crippen molar-refractivity contribution in [2.75, 3.05) is 23.0 Å². The van der Waals surface area contributed by atoms with Crippen LogP contribution >= 0.6 is 0 Å². The molecule has 0 fully saturated rings. The number of esters is 1. The van der Waals surface area contributed by atoms with Gasteiger partial charge in [0.05, 0.1) is 33.4 Å². The average molecular weight is 920 g/mol. The maximum absolute atomic E-state index is 12.1. The quantitative estimate of drug-likeness (QED) is 0.0948. The molecule has 0 aromatic heterocycles. The lowest BCUT2D eigenvalue weighted by molar-refractivity contribution is -0.140. The summed E-state index contributed by atoms with van der Waals surface area (Å²) in [7, 11) is -8.79. The van der Waals surface area contributed by atoms with E-state index in [1.807, 2.05) is 60.7 Å². The van der Waals surface area contributed by atoms with E-state index in [2.05, 4.69) is 86.1 Å². The fourth-order valence-corrected chi connectivity index (χ4v) is 10.9.